The average molecular weight is 391 g/mol. The number of tetrazole rings is 2. The van der Waals surface area contributed by atoms with Crippen LogP contribution in [0.1, 0.15) is 25.7 Å². The number of aromatic nitrogens is 8. The number of hydrogen-bond acceptors (Lipinski definition) is 9. The van der Waals surface area contributed by atoms with Gasteiger partial charge in [-0.25, -0.2) is 9.36 Å². The lowest BCUT2D eigenvalue weighted by molar-refractivity contribution is 0.663. The van der Waals surface area contributed by atoms with E-state index in [1.54, 1.807) is 32.9 Å². The molecule has 0 atom stereocenters. The highest BCUT2D eigenvalue weighted by atomic mass is 32.2. The predicted octanol–water partition coefficient (Wildman–Crippen LogP) is 0.927. The molecule has 0 N–H and O–H groups in total. The monoisotopic (exact) mass is 390 g/mol. The minimum absolute atomic E-state index is 0.719. The number of aryl methyl sites for hydroxylation is 2. The van der Waals surface area contributed by atoms with Crippen LogP contribution in [0.4, 0.5) is 0 Å². The largest absolute Gasteiger partial charge is 0.260 e. The molecule has 24 heavy (non-hydrogen) atoms. The van der Waals surface area contributed by atoms with Crippen molar-refractivity contribution in [3.8, 4) is 0 Å². The Morgan fingerprint density at radius 3 is 1.67 bits per heavy atom. The third-order valence-electron chi connectivity index (χ3n) is 3.16. The number of hydrogen-bond donors (Lipinski definition) is 0. The van der Waals surface area contributed by atoms with Gasteiger partial charge in [-0.2, -0.15) is 0 Å². The lowest BCUT2D eigenvalue weighted by Gasteiger charge is -2.03. The van der Waals surface area contributed by atoms with Gasteiger partial charge in [-0.15, -0.1) is 10.2 Å². The summed E-state index contributed by atoms with van der Waals surface area (Å²) in [5.74, 6) is 3.46. The van der Waals surface area contributed by atoms with Crippen LogP contribution in [0.3, 0.4) is 0 Å². The maximum absolute atomic E-state index is 12.0. The molecule has 0 saturated carbocycles. The van der Waals surface area contributed by atoms with E-state index in [0.29, 0.717) is 0 Å². The minimum atomic E-state index is -0.719. The van der Waals surface area contributed by atoms with Crippen LogP contribution in [0.2, 0.25) is 0 Å². The van der Waals surface area contributed by atoms with Gasteiger partial charge in [0.1, 0.15) is 0 Å². The molecule has 2 rings (SSSR count). The molecule has 134 valence electrons. The summed E-state index contributed by atoms with van der Waals surface area (Å²) in [6, 6.07) is 0. The van der Waals surface area contributed by atoms with Gasteiger partial charge in [-0.3, -0.25) is 4.21 Å². The Morgan fingerprint density at radius 1 is 0.833 bits per heavy atom. The highest BCUT2D eigenvalue weighted by Gasteiger charge is 2.05. The van der Waals surface area contributed by atoms with Gasteiger partial charge in [-0.1, -0.05) is 23.5 Å². The highest BCUT2D eigenvalue weighted by Crippen LogP contribution is 2.15. The Morgan fingerprint density at radius 2 is 1.29 bits per heavy atom. The first kappa shape index (κ1) is 19.3. The average Bonchev–Trinajstić information content (AvgIpc) is 3.15. The van der Waals surface area contributed by atoms with E-state index in [1.807, 2.05) is 14.1 Å². The summed E-state index contributed by atoms with van der Waals surface area (Å²) in [6.45, 7) is 0. The fraction of sp³-hybridized carbons (Fsp3) is 0.833. The molecule has 0 amide bonds. The highest BCUT2D eigenvalue weighted by molar-refractivity contribution is 7.99. The molecule has 0 aliphatic heterocycles. The van der Waals surface area contributed by atoms with Crippen LogP contribution < -0.4 is 0 Å². The van der Waals surface area contributed by atoms with Crippen molar-refractivity contribution in [2.45, 2.75) is 36.0 Å². The van der Waals surface area contributed by atoms with E-state index >= 15 is 0 Å². The number of unbranched alkanes of at least 4 members (excludes halogenated alkanes) is 2. The van der Waals surface area contributed by atoms with Crippen LogP contribution in [0.25, 0.3) is 0 Å². The first-order valence-electron chi connectivity index (χ1n) is 7.72. The summed E-state index contributed by atoms with van der Waals surface area (Å²) in [7, 11) is 2.94. The van der Waals surface area contributed by atoms with Gasteiger partial charge in [0, 0.05) is 47.9 Å². The Hall–Kier alpha value is -1.01. The predicted molar refractivity (Wildman–Crippen MR) is 95.4 cm³/mol. The fourth-order valence-electron chi connectivity index (χ4n) is 1.85. The molecule has 0 aromatic carbocycles. The normalized spacial score (nSPS) is 11.5. The van der Waals surface area contributed by atoms with Crippen molar-refractivity contribution in [2.75, 3.05) is 23.0 Å². The van der Waals surface area contributed by atoms with E-state index in [-0.39, 0.29) is 0 Å². The molecule has 2 aromatic rings. The van der Waals surface area contributed by atoms with E-state index in [1.165, 1.54) is 0 Å². The summed E-state index contributed by atoms with van der Waals surface area (Å²) in [5.41, 5.74) is 0. The molecule has 0 aliphatic rings. The standard InChI is InChI=1S/C12H22N8OS3/c1-19-11(13-15-17-19)22-7-3-5-9-24(21)10-6-4-8-23-12-14-16-18-20(12)2/h3-10H2,1-2H3. The Kier molecular flexibility index (Phi) is 8.67. The lowest BCUT2D eigenvalue weighted by atomic mass is 10.4. The summed E-state index contributed by atoms with van der Waals surface area (Å²) in [4.78, 5) is 0. The summed E-state index contributed by atoms with van der Waals surface area (Å²) >= 11 is 3.27. The zero-order chi connectivity index (χ0) is 17.2. The zero-order valence-corrected chi connectivity index (χ0v) is 16.3. The Labute approximate surface area is 152 Å². The second-order valence-electron chi connectivity index (χ2n) is 5.13. The van der Waals surface area contributed by atoms with E-state index < -0.39 is 10.8 Å². The smallest absolute Gasteiger partial charge is 0.209 e. The third-order valence-corrected chi connectivity index (χ3v) is 6.84. The topological polar surface area (TPSA) is 104 Å². The van der Waals surface area contributed by atoms with Crippen LogP contribution in [0.15, 0.2) is 10.3 Å². The van der Waals surface area contributed by atoms with E-state index in [2.05, 4.69) is 31.1 Å². The molecule has 0 unspecified atom stereocenters. The van der Waals surface area contributed by atoms with Crippen LogP contribution >= 0.6 is 23.5 Å². The zero-order valence-electron chi connectivity index (χ0n) is 13.9. The summed E-state index contributed by atoms with van der Waals surface area (Å²) in [6.07, 6.45) is 4.01. The van der Waals surface area contributed by atoms with Crippen molar-refractivity contribution in [1.29, 1.82) is 0 Å². The first-order chi connectivity index (χ1) is 11.7. The first-order valence-corrected chi connectivity index (χ1v) is 11.2. The minimum Gasteiger partial charge on any atom is -0.260 e. The lowest BCUT2D eigenvalue weighted by Crippen LogP contribution is -2.04. The number of thioether (sulfide) groups is 2. The molecule has 9 nitrogen and oxygen atoms in total. The summed E-state index contributed by atoms with van der Waals surface area (Å²) in [5, 5.41) is 24.3. The van der Waals surface area contributed by atoms with Gasteiger partial charge >= 0.3 is 0 Å². The number of nitrogens with zero attached hydrogens (tertiary/aromatic N) is 8. The van der Waals surface area contributed by atoms with Gasteiger partial charge in [0.05, 0.1) is 0 Å². The van der Waals surface area contributed by atoms with Crippen LogP contribution in [-0.4, -0.2) is 67.6 Å². The van der Waals surface area contributed by atoms with Gasteiger partial charge < -0.3 is 0 Å². The van der Waals surface area contributed by atoms with Gasteiger partial charge in [0.15, 0.2) is 0 Å². The van der Waals surface area contributed by atoms with Crippen LogP contribution in [0.5, 0.6) is 0 Å². The maximum atomic E-state index is 12.0. The molecule has 0 fully saturated rings. The molecule has 0 spiro atoms. The maximum Gasteiger partial charge on any atom is 0.209 e. The molecular formula is C12H22N8OS3. The van der Waals surface area contributed by atoms with Crippen molar-refractivity contribution >= 4 is 34.3 Å². The SMILES string of the molecule is Cn1nnnc1SCCCCS(=O)CCCCSc1nnnn1C. The molecule has 2 heterocycles. The van der Waals surface area contributed by atoms with Crippen LogP contribution in [0, 0.1) is 0 Å². The van der Waals surface area contributed by atoms with Gasteiger partial charge in [0.2, 0.25) is 10.3 Å². The molecule has 2 aromatic heterocycles. The van der Waals surface area contributed by atoms with Crippen molar-refractivity contribution < 1.29 is 4.21 Å². The molecule has 0 aliphatic carbocycles. The molecule has 12 heteroatoms. The quantitative estimate of drug-likeness (QED) is 0.386. The van der Waals surface area contributed by atoms with E-state index in [0.717, 1.165) is 59.0 Å². The molecule has 0 bridgehead atoms. The third kappa shape index (κ3) is 6.85. The second kappa shape index (κ2) is 10.8. The molecule has 0 saturated heterocycles. The van der Waals surface area contributed by atoms with Crippen molar-refractivity contribution in [2.24, 2.45) is 14.1 Å². The van der Waals surface area contributed by atoms with Crippen molar-refractivity contribution in [3.05, 3.63) is 0 Å². The van der Waals surface area contributed by atoms with Gasteiger partial charge in [-0.05, 0) is 46.5 Å². The van der Waals surface area contributed by atoms with Crippen LogP contribution in [-0.2, 0) is 24.9 Å². The number of rotatable bonds is 12. The Balaban J connectivity index is 1.44. The van der Waals surface area contributed by atoms with E-state index in [9.17, 15) is 4.21 Å². The Bertz CT molecular complexity index is 579. The van der Waals surface area contributed by atoms with Crippen molar-refractivity contribution in [1.82, 2.24) is 40.4 Å². The van der Waals surface area contributed by atoms with E-state index in [4.69, 9.17) is 0 Å². The second-order valence-corrected chi connectivity index (χ2v) is 8.95. The fourth-order valence-corrected chi connectivity index (χ4v) is 4.80. The van der Waals surface area contributed by atoms with Gasteiger partial charge in [0.25, 0.3) is 0 Å². The molecular weight excluding hydrogens is 368 g/mol. The van der Waals surface area contributed by atoms with Crippen molar-refractivity contribution in [3.63, 3.8) is 0 Å². The summed E-state index contributed by atoms with van der Waals surface area (Å²) < 4.78 is 15.3. The molecule has 0 radical (unpaired) electrons.